The van der Waals surface area contributed by atoms with Crippen LogP contribution >= 0.6 is 11.6 Å². The molecule has 0 unspecified atom stereocenters. The van der Waals surface area contributed by atoms with E-state index < -0.39 is 12.7 Å². The number of halogens is 3. The molecule has 0 aliphatic rings. The van der Waals surface area contributed by atoms with E-state index >= 15 is 0 Å². The Morgan fingerprint density at radius 2 is 2.00 bits per heavy atom. The van der Waals surface area contributed by atoms with Gasteiger partial charge in [-0.05, 0) is 25.1 Å². The van der Waals surface area contributed by atoms with E-state index in [1.165, 1.54) is 36.8 Å². The van der Waals surface area contributed by atoms with Gasteiger partial charge < -0.3 is 15.3 Å². The predicted octanol–water partition coefficient (Wildman–Crippen LogP) is 3.22. The number of benzene rings is 1. The summed E-state index contributed by atoms with van der Waals surface area (Å²) in [7, 11) is 0. The maximum atomic E-state index is 12.3. The van der Waals surface area contributed by atoms with Crippen LogP contribution in [0, 0.1) is 0 Å². The molecule has 0 saturated carbocycles. The van der Waals surface area contributed by atoms with Crippen LogP contribution in [0.4, 0.5) is 14.5 Å². The van der Waals surface area contributed by atoms with Gasteiger partial charge in [-0.2, -0.15) is 13.9 Å². The average Bonchev–Trinajstić information content (AvgIpc) is 2.58. The Labute approximate surface area is 147 Å². The quantitative estimate of drug-likeness (QED) is 0.459. The van der Waals surface area contributed by atoms with Crippen molar-refractivity contribution < 1.29 is 18.3 Å². The summed E-state index contributed by atoms with van der Waals surface area (Å²) in [5, 5.41) is 3.64. The molecule has 25 heavy (non-hydrogen) atoms. The number of aliphatic imine (C=N–C) groups is 1. The van der Waals surface area contributed by atoms with Crippen LogP contribution in [0.25, 0.3) is 0 Å². The van der Waals surface area contributed by atoms with Gasteiger partial charge in [0.1, 0.15) is 17.6 Å². The molecule has 0 bridgehead atoms. The van der Waals surface area contributed by atoms with E-state index in [9.17, 15) is 8.78 Å². The summed E-state index contributed by atoms with van der Waals surface area (Å²) in [4.78, 5) is 12.0. The van der Waals surface area contributed by atoms with Crippen LogP contribution in [0.3, 0.4) is 0 Å². The summed E-state index contributed by atoms with van der Waals surface area (Å²) >= 11 is 5.78. The standard InChI is InChI=1S/C15H14ClF2N5O2/c1-9(24-15-20-5-2-6-21-15)12(23-19)8-22-10-3-4-11(16)13(7-10)25-14(17)18/h2-9,14H,19H2,1H3/t9-/m0/s1. The van der Waals surface area contributed by atoms with Gasteiger partial charge in [0, 0.05) is 18.5 Å². The van der Waals surface area contributed by atoms with Crippen molar-refractivity contribution in [2.45, 2.75) is 19.6 Å². The SMILES string of the molecule is C[C@H](Oc1ncccn1)C(C=Nc1ccc(Cl)c(OC(F)F)c1)=NN. The lowest BCUT2D eigenvalue weighted by Gasteiger charge is -2.11. The molecular formula is C15H14ClF2N5O2. The van der Waals surface area contributed by atoms with Crippen LogP contribution in [-0.4, -0.2) is 34.6 Å². The lowest BCUT2D eigenvalue weighted by atomic mass is 10.2. The second kappa shape index (κ2) is 8.88. The second-order valence-electron chi connectivity index (χ2n) is 4.60. The summed E-state index contributed by atoms with van der Waals surface area (Å²) < 4.78 is 34.5. The van der Waals surface area contributed by atoms with Crippen LogP contribution in [0.15, 0.2) is 46.8 Å². The molecule has 0 radical (unpaired) electrons. The lowest BCUT2D eigenvalue weighted by molar-refractivity contribution is -0.0497. The van der Waals surface area contributed by atoms with Gasteiger partial charge >= 0.3 is 12.6 Å². The van der Waals surface area contributed by atoms with Crippen molar-refractivity contribution in [2.24, 2.45) is 15.9 Å². The highest BCUT2D eigenvalue weighted by molar-refractivity contribution is 6.33. The van der Waals surface area contributed by atoms with Gasteiger partial charge in [0.2, 0.25) is 0 Å². The first kappa shape index (κ1) is 18.5. The number of nitrogens with zero attached hydrogens (tertiary/aromatic N) is 4. The molecule has 10 heteroatoms. The molecule has 7 nitrogen and oxygen atoms in total. The Morgan fingerprint density at radius 3 is 2.64 bits per heavy atom. The Balaban J connectivity index is 2.10. The van der Waals surface area contributed by atoms with Gasteiger partial charge in [0.15, 0.2) is 0 Å². The normalized spacial score (nSPS) is 13.2. The third kappa shape index (κ3) is 5.64. The maximum Gasteiger partial charge on any atom is 0.387 e. The molecule has 1 aromatic heterocycles. The first-order chi connectivity index (χ1) is 12.0. The summed E-state index contributed by atoms with van der Waals surface area (Å²) in [5.74, 6) is 5.16. The number of hydrogen-bond donors (Lipinski definition) is 1. The van der Waals surface area contributed by atoms with E-state index in [0.717, 1.165) is 0 Å². The van der Waals surface area contributed by atoms with Crippen LogP contribution in [0.2, 0.25) is 5.02 Å². The topological polar surface area (TPSA) is 95.0 Å². The summed E-state index contributed by atoms with van der Waals surface area (Å²) in [5.41, 5.74) is 0.614. The molecule has 2 N–H and O–H groups in total. The second-order valence-corrected chi connectivity index (χ2v) is 5.00. The van der Waals surface area contributed by atoms with Gasteiger partial charge in [-0.1, -0.05) is 11.6 Å². The molecule has 0 saturated heterocycles. The zero-order valence-corrected chi connectivity index (χ0v) is 13.8. The number of ether oxygens (including phenoxy) is 2. The highest BCUT2D eigenvalue weighted by atomic mass is 35.5. The molecule has 0 amide bonds. The molecule has 1 atom stereocenters. The zero-order valence-electron chi connectivity index (χ0n) is 13.0. The summed E-state index contributed by atoms with van der Waals surface area (Å²) in [6.07, 6.45) is 3.81. The number of hydrogen-bond acceptors (Lipinski definition) is 7. The summed E-state index contributed by atoms with van der Waals surface area (Å²) in [6.45, 7) is -1.31. The van der Waals surface area contributed by atoms with Crippen LogP contribution < -0.4 is 15.3 Å². The van der Waals surface area contributed by atoms with E-state index in [4.69, 9.17) is 22.2 Å². The van der Waals surface area contributed by atoms with Gasteiger partial charge in [-0.15, -0.1) is 0 Å². The van der Waals surface area contributed by atoms with Gasteiger partial charge in [0.25, 0.3) is 0 Å². The molecule has 132 valence electrons. The Hall–Kier alpha value is -2.81. The van der Waals surface area contributed by atoms with Crippen molar-refractivity contribution in [2.75, 3.05) is 0 Å². The largest absolute Gasteiger partial charge is 0.454 e. The minimum Gasteiger partial charge on any atom is -0.454 e. The van der Waals surface area contributed by atoms with Crippen molar-refractivity contribution in [3.8, 4) is 11.8 Å². The fourth-order valence-corrected chi connectivity index (χ4v) is 1.87. The molecule has 1 aromatic carbocycles. The van der Waals surface area contributed by atoms with Gasteiger partial charge in [-0.25, -0.2) is 9.97 Å². The molecule has 0 aliphatic carbocycles. The van der Waals surface area contributed by atoms with Crippen molar-refractivity contribution in [1.82, 2.24) is 9.97 Å². The Morgan fingerprint density at radius 1 is 1.28 bits per heavy atom. The number of aromatic nitrogens is 2. The third-order valence-electron chi connectivity index (χ3n) is 2.87. The van der Waals surface area contributed by atoms with E-state index in [1.54, 1.807) is 13.0 Å². The lowest BCUT2D eigenvalue weighted by Crippen LogP contribution is -2.27. The van der Waals surface area contributed by atoms with Crippen molar-refractivity contribution in [1.29, 1.82) is 0 Å². The Kier molecular flexibility index (Phi) is 6.58. The van der Waals surface area contributed by atoms with Crippen LogP contribution in [0.1, 0.15) is 6.92 Å². The molecule has 0 spiro atoms. The fourth-order valence-electron chi connectivity index (χ4n) is 1.71. The summed E-state index contributed by atoms with van der Waals surface area (Å²) in [6, 6.07) is 5.99. The number of rotatable bonds is 7. The van der Waals surface area contributed by atoms with Crippen LogP contribution in [-0.2, 0) is 0 Å². The first-order valence-corrected chi connectivity index (χ1v) is 7.37. The Bertz CT molecular complexity index is 759. The van der Waals surface area contributed by atoms with Crippen molar-refractivity contribution >= 4 is 29.2 Å². The van der Waals surface area contributed by atoms with E-state index in [-0.39, 0.29) is 16.8 Å². The van der Waals surface area contributed by atoms with Crippen molar-refractivity contribution in [3.63, 3.8) is 0 Å². The minimum atomic E-state index is -2.99. The number of alkyl halides is 2. The van der Waals surface area contributed by atoms with Crippen LogP contribution in [0.5, 0.6) is 11.8 Å². The minimum absolute atomic E-state index is 0.0462. The average molecular weight is 370 g/mol. The molecule has 2 rings (SSSR count). The monoisotopic (exact) mass is 369 g/mol. The smallest absolute Gasteiger partial charge is 0.387 e. The number of nitrogens with two attached hydrogens (primary N) is 1. The van der Waals surface area contributed by atoms with E-state index in [0.29, 0.717) is 11.4 Å². The highest BCUT2D eigenvalue weighted by Crippen LogP contribution is 2.30. The molecule has 2 aromatic rings. The number of hydrazone groups is 1. The molecular weight excluding hydrogens is 356 g/mol. The van der Waals surface area contributed by atoms with E-state index in [1.807, 2.05) is 0 Å². The van der Waals surface area contributed by atoms with Gasteiger partial charge in [0.05, 0.1) is 16.9 Å². The van der Waals surface area contributed by atoms with E-state index in [2.05, 4.69) is 24.8 Å². The van der Waals surface area contributed by atoms with Gasteiger partial charge in [-0.3, -0.25) is 4.99 Å². The van der Waals surface area contributed by atoms with Crippen molar-refractivity contribution in [3.05, 3.63) is 41.7 Å². The first-order valence-electron chi connectivity index (χ1n) is 6.99. The predicted molar refractivity (Wildman–Crippen MR) is 90.0 cm³/mol. The highest BCUT2D eigenvalue weighted by Gasteiger charge is 2.13. The molecule has 1 heterocycles. The molecule has 0 aliphatic heterocycles. The third-order valence-corrected chi connectivity index (χ3v) is 3.18. The fraction of sp³-hybridized carbons (Fsp3) is 0.200. The zero-order chi connectivity index (χ0) is 18.2. The molecule has 0 fully saturated rings. The maximum absolute atomic E-state index is 12.3.